The standard InChI is InChI=1S/C21H25N5O2/c1-3-27-18-10-11-20(28-4-2)19(14-18)25-21(22)23-15-16-6-8-17(9-7-16)26-13-5-12-24-26/h5-14H,3-4,15H2,1-2H3,(H3,22,23,25). The first kappa shape index (κ1) is 19.3. The number of benzene rings is 2. The molecule has 0 saturated heterocycles. The number of guanidine groups is 1. The lowest BCUT2D eigenvalue weighted by atomic mass is 10.2. The summed E-state index contributed by atoms with van der Waals surface area (Å²) < 4.78 is 13.0. The molecule has 3 rings (SSSR count). The zero-order valence-electron chi connectivity index (χ0n) is 16.1. The van der Waals surface area contributed by atoms with Gasteiger partial charge >= 0.3 is 0 Å². The van der Waals surface area contributed by atoms with Gasteiger partial charge in [0.25, 0.3) is 0 Å². The van der Waals surface area contributed by atoms with E-state index in [0.29, 0.717) is 31.5 Å². The minimum absolute atomic E-state index is 0.311. The molecule has 0 aliphatic heterocycles. The van der Waals surface area contributed by atoms with E-state index in [4.69, 9.17) is 15.2 Å². The van der Waals surface area contributed by atoms with Gasteiger partial charge in [0.2, 0.25) is 0 Å². The van der Waals surface area contributed by atoms with E-state index in [9.17, 15) is 0 Å². The Bertz CT molecular complexity index is 905. The molecular weight excluding hydrogens is 354 g/mol. The van der Waals surface area contributed by atoms with Gasteiger partial charge in [-0.1, -0.05) is 12.1 Å². The van der Waals surface area contributed by atoms with E-state index >= 15 is 0 Å². The number of ether oxygens (including phenoxy) is 2. The maximum absolute atomic E-state index is 6.08. The van der Waals surface area contributed by atoms with E-state index in [1.54, 1.807) is 6.20 Å². The van der Waals surface area contributed by atoms with Crippen molar-refractivity contribution in [1.29, 1.82) is 0 Å². The predicted octanol–water partition coefficient (Wildman–Crippen LogP) is 3.60. The van der Waals surface area contributed by atoms with Gasteiger partial charge in [-0.3, -0.25) is 0 Å². The number of nitrogens with one attached hydrogen (secondary N) is 1. The first-order chi connectivity index (χ1) is 13.7. The molecule has 0 radical (unpaired) electrons. The van der Waals surface area contributed by atoms with Crippen LogP contribution in [0.4, 0.5) is 5.69 Å². The van der Waals surface area contributed by atoms with Crippen LogP contribution in [0.1, 0.15) is 19.4 Å². The van der Waals surface area contributed by atoms with E-state index in [0.717, 1.165) is 22.7 Å². The van der Waals surface area contributed by atoms with Crippen LogP contribution in [0.2, 0.25) is 0 Å². The van der Waals surface area contributed by atoms with Crippen molar-refractivity contribution in [3.63, 3.8) is 0 Å². The van der Waals surface area contributed by atoms with Crippen LogP contribution in [0.25, 0.3) is 5.69 Å². The summed E-state index contributed by atoms with van der Waals surface area (Å²) in [5.41, 5.74) is 8.85. The van der Waals surface area contributed by atoms with E-state index in [2.05, 4.69) is 15.4 Å². The highest BCUT2D eigenvalue weighted by atomic mass is 16.5. The quantitative estimate of drug-likeness (QED) is 0.461. The third-order valence-corrected chi connectivity index (χ3v) is 3.96. The molecule has 7 heteroatoms. The number of aliphatic imine (C=N–C) groups is 1. The SMILES string of the molecule is CCOc1ccc(OCC)c(NC(N)=NCc2ccc(-n3cccn3)cc2)c1. The van der Waals surface area contributed by atoms with Crippen LogP contribution < -0.4 is 20.5 Å². The van der Waals surface area contributed by atoms with Gasteiger partial charge in [0.15, 0.2) is 5.96 Å². The molecule has 3 N–H and O–H groups in total. The van der Waals surface area contributed by atoms with Gasteiger partial charge in [-0.15, -0.1) is 0 Å². The Kier molecular flexibility index (Phi) is 6.51. The number of hydrogen-bond acceptors (Lipinski definition) is 4. The maximum Gasteiger partial charge on any atom is 0.193 e. The fraction of sp³-hybridized carbons (Fsp3) is 0.238. The number of rotatable bonds is 8. The molecule has 0 saturated carbocycles. The highest BCUT2D eigenvalue weighted by Gasteiger charge is 2.07. The Balaban J connectivity index is 1.67. The number of nitrogens with zero attached hydrogens (tertiary/aromatic N) is 3. The van der Waals surface area contributed by atoms with Crippen molar-refractivity contribution in [2.75, 3.05) is 18.5 Å². The van der Waals surface area contributed by atoms with Gasteiger partial charge in [-0.25, -0.2) is 9.67 Å². The molecule has 1 aromatic heterocycles. The summed E-state index contributed by atoms with van der Waals surface area (Å²) in [6.45, 7) is 5.49. The van der Waals surface area contributed by atoms with Crippen LogP contribution >= 0.6 is 0 Å². The van der Waals surface area contributed by atoms with E-state index in [1.807, 2.05) is 73.3 Å². The summed E-state index contributed by atoms with van der Waals surface area (Å²) in [7, 11) is 0. The lowest BCUT2D eigenvalue weighted by Gasteiger charge is -2.14. The minimum atomic E-state index is 0.311. The molecule has 3 aromatic rings. The molecule has 0 bridgehead atoms. The topological polar surface area (TPSA) is 86.7 Å². The molecule has 0 amide bonds. The van der Waals surface area contributed by atoms with Crippen LogP contribution in [0.5, 0.6) is 11.5 Å². The summed E-state index contributed by atoms with van der Waals surface area (Å²) >= 11 is 0. The van der Waals surface area contributed by atoms with Crippen molar-refractivity contribution in [1.82, 2.24) is 9.78 Å². The first-order valence-corrected chi connectivity index (χ1v) is 9.25. The number of hydrogen-bond donors (Lipinski definition) is 2. The van der Waals surface area contributed by atoms with Crippen LogP contribution in [0, 0.1) is 0 Å². The second-order valence-electron chi connectivity index (χ2n) is 5.97. The van der Waals surface area contributed by atoms with Crippen LogP contribution in [0.15, 0.2) is 65.9 Å². The summed E-state index contributed by atoms with van der Waals surface area (Å²) in [5, 5.41) is 7.32. The van der Waals surface area contributed by atoms with Crippen molar-refractivity contribution >= 4 is 11.6 Å². The first-order valence-electron chi connectivity index (χ1n) is 9.25. The normalized spacial score (nSPS) is 11.3. The Labute approximate surface area is 164 Å². The van der Waals surface area contributed by atoms with E-state index < -0.39 is 0 Å². The number of nitrogens with two attached hydrogens (primary N) is 1. The van der Waals surface area contributed by atoms with Crippen LogP contribution in [-0.4, -0.2) is 29.0 Å². The largest absolute Gasteiger partial charge is 0.494 e. The zero-order valence-corrected chi connectivity index (χ0v) is 16.1. The second-order valence-corrected chi connectivity index (χ2v) is 5.97. The lowest BCUT2D eigenvalue weighted by Crippen LogP contribution is -2.23. The molecule has 146 valence electrons. The number of aromatic nitrogens is 2. The van der Waals surface area contributed by atoms with Gasteiger partial charge in [-0.2, -0.15) is 5.10 Å². The Hall–Kier alpha value is -3.48. The second kappa shape index (κ2) is 9.45. The molecule has 28 heavy (non-hydrogen) atoms. The van der Waals surface area contributed by atoms with E-state index in [1.165, 1.54) is 0 Å². The molecule has 2 aromatic carbocycles. The Morgan fingerprint density at radius 2 is 1.89 bits per heavy atom. The summed E-state index contributed by atoms with van der Waals surface area (Å²) in [6.07, 6.45) is 3.66. The van der Waals surface area contributed by atoms with Crippen molar-refractivity contribution in [2.24, 2.45) is 10.7 Å². The van der Waals surface area contributed by atoms with Crippen LogP contribution in [-0.2, 0) is 6.54 Å². The monoisotopic (exact) mass is 379 g/mol. The minimum Gasteiger partial charge on any atom is -0.494 e. The average molecular weight is 379 g/mol. The summed E-state index contributed by atoms with van der Waals surface area (Å²) in [4.78, 5) is 4.42. The maximum atomic E-state index is 6.08. The zero-order chi connectivity index (χ0) is 19.8. The third-order valence-electron chi connectivity index (χ3n) is 3.96. The molecule has 1 heterocycles. The summed E-state index contributed by atoms with van der Waals surface area (Å²) in [5.74, 6) is 1.76. The molecule has 0 aliphatic carbocycles. The van der Waals surface area contributed by atoms with Crippen molar-refractivity contribution < 1.29 is 9.47 Å². The molecule has 0 aliphatic rings. The lowest BCUT2D eigenvalue weighted by molar-refractivity contribution is 0.332. The van der Waals surface area contributed by atoms with Gasteiger partial charge in [0.1, 0.15) is 11.5 Å². The van der Waals surface area contributed by atoms with Gasteiger partial charge in [0, 0.05) is 18.5 Å². The predicted molar refractivity (Wildman–Crippen MR) is 111 cm³/mol. The van der Waals surface area contributed by atoms with Crippen molar-refractivity contribution in [3.8, 4) is 17.2 Å². The van der Waals surface area contributed by atoms with Gasteiger partial charge in [-0.05, 0) is 49.7 Å². The summed E-state index contributed by atoms with van der Waals surface area (Å²) in [6, 6.07) is 15.5. The van der Waals surface area contributed by atoms with Crippen LogP contribution in [0.3, 0.4) is 0 Å². The fourth-order valence-corrected chi connectivity index (χ4v) is 2.67. The highest BCUT2D eigenvalue weighted by Crippen LogP contribution is 2.29. The molecule has 0 atom stereocenters. The smallest absolute Gasteiger partial charge is 0.193 e. The van der Waals surface area contributed by atoms with Crippen molar-refractivity contribution in [3.05, 3.63) is 66.5 Å². The average Bonchev–Trinajstić information content (AvgIpc) is 3.24. The molecule has 0 fully saturated rings. The van der Waals surface area contributed by atoms with Gasteiger partial charge < -0.3 is 20.5 Å². The third kappa shape index (κ3) is 5.03. The molecule has 0 spiro atoms. The highest BCUT2D eigenvalue weighted by molar-refractivity contribution is 5.94. The number of anilines is 1. The Morgan fingerprint density at radius 3 is 2.57 bits per heavy atom. The molecular formula is C21H25N5O2. The molecule has 0 unspecified atom stereocenters. The van der Waals surface area contributed by atoms with E-state index in [-0.39, 0.29) is 0 Å². The Morgan fingerprint density at radius 1 is 1.11 bits per heavy atom. The molecule has 7 nitrogen and oxygen atoms in total. The fourth-order valence-electron chi connectivity index (χ4n) is 2.67. The van der Waals surface area contributed by atoms with Crippen molar-refractivity contribution in [2.45, 2.75) is 20.4 Å². The van der Waals surface area contributed by atoms with Gasteiger partial charge in [0.05, 0.1) is 31.1 Å².